The third-order valence-electron chi connectivity index (χ3n) is 5.79. The molecule has 6 nitrogen and oxygen atoms in total. The Hall–Kier alpha value is -3.29. The van der Waals surface area contributed by atoms with E-state index in [1.54, 1.807) is 11.8 Å². The summed E-state index contributed by atoms with van der Waals surface area (Å²) in [4.78, 5) is 27.8. The number of carbonyl (C=O) groups is 2. The van der Waals surface area contributed by atoms with Crippen LogP contribution in [0.4, 0.5) is 8.78 Å². The van der Waals surface area contributed by atoms with Crippen LogP contribution in [0.25, 0.3) is 10.9 Å². The second kappa shape index (κ2) is 8.45. The number of likely N-dealkylation sites (tertiary alicyclic amines) is 1. The number of ether oxygens (including phenoxy) is 1. The van der Waals surface area contributed by atoms with Crippen LogP contribution >= 0.6 is 0 Å². The van der Waals surface area contributed by atoms with Crippen molar-refractivity contribution in [3.63, 3.8) is 0 Å². The van der Waals surface area contributed by atoms with Crippen LogP contribution < -0.4 is 0 Å². The number of nitrogens with one attached hydrogen (secondary N) is 1. The van der Waals surface area contributed by atoms with Gasteiger partial charge in [-0.15, -0.1) is 0 Å². The van der Waals surface area contributed by atoms with Crippen molar-refractivity contribution in [2.24, 2.45) is 5.41 Å². The third kappa shape index (κ3) is 4.02. The van der Waals surface area contributed by atoms with Crippen molar-refractivity contribution in [1.29, 1.82) is 0 Å². The lowest BCUT2D eigenvalue weighted by molar-refractivity contribution is -0.158. The summed E-state index contributed by atoms with van der Waals surface area (Å²) in [6.45, 7) is 2.39. The largest absolute Gasteiger partial charge is 0.466 e. The van der Waals surface area contributed by atoms with Gasteiger partial charge in [0, 0.05) is 24.5 Å². The number of hydrogen-bond donors (Lipinski definition) is 1. The minimum absolute atomic E-state index is 0.0169. The Morgan fingerprint density at radius 3 is 2.81 bits per heavy atom. The smallest absolute Gasteiger partial charge is 0.314 e. The van der Waals surface area contributed by atoms with Gasteiger partial charge in [-0.2, -0.15) is 5.10 Å². The zero-order valence-electron chi connectivity index (χ0n) is 17.2. The summed E-state index contributed by atoms with van der Waals surface area (Å²) in [5.74, 6) is -2.18. The van der Waals surface area contributed by atoms with E-state index in [0.29, 0.717) is 24.8 Å². The molecule has 162 valence electrons. The first kappa shape index (κ1) is 21.0. The number of aromatic amines is 1. The lowest BCUT2D eigenvalue weighted by atomic mass is 9.74. The maximum atomic E-state index is 14.4. The lowest BCUT2D eigenvalue weighted by Gasteiger charge is -2.41. The molecule has 0 spiro atoms. The minimum Gasteiger partial charge on any atom is -0.466 e. The molecular weight excluding hydrogens is 404 g/mol. The monoisotopic (exact) mass is 427 g/mol. The molecule has 1 aliphatic rings. The molecule has 1 N–H and O–H groups in total. The van der Waals surface area contributed by atoms with Gasteiger partial charge in [-0.05, 0) is 43.9 Å². The van der Waals surface area contributed by atoms with Crippen LogP contribution in [0.3, 0.4) is 0 Å². The van der Waals surface area contributed by atoms with E-state index in [0.717, 1.165) is 11.6 Å². The van der Waals surface area contributed by atoms with Gasteiger partial charge < -0.3 is 9.64 Å². The Kier molecular flexibility index (Phi) is 5.71. The van der Waals surface area contributed by atoms with Gasteiger partial charge in [0.15, 0.2) is 5.69 Å². The number of carbonyl (C=O) groups excluding carboxylic acids is 2. The molecule has 1 aromatic heterocycles. The van der Waals surface area contributed by atoms with Crippen molar-refractivity contribution >= 4 is 22.8 Å². The number of esters is 1. The number of fused-ring (bicyclic) bond motifs is 1. The van der Waals surface area contributed by atoms with E-state index in [2.05, 4.69) is 10.2 Å². The number of piperidine rings is 1. The van der Waals surface area contributed by atoms with Gasteiger partial charge in [0.05, 0.1) is 17.5 Å². The fraction of sp³-hybridized carbons (Fsp3) is 0.348. The maximum Gasteiger partial charge on any atom is 0.314 e. The van der Waals surface area contributed by atoms with Crippen LogP contribution in [-0.2, 0) is 16.0 Å². The van der Waals surface area contributed by atoms with Crippen molar-refractivity contribution in [2.45, 2.75) is 26.2 Å². The fourth-order valence-electron chi connectivity index (χ4n) is 4.28. The zero-order chi connectivity index (χ0) is 22.0. The number of rotatable bonds is 5. The molecular formula is C23H23F2N3O3. The molecule has 3 aromatic rings. The third-order valence-corrected chi connectivity index (χ3v) is 5.79. The van der Waals surface area contributed by atoms with Crippen LogP contribution in [0.5, 0.6) is 0 Å². The van der Waals surface area contributed by atoms with Crippen LogP contribution in [0, 0.1) is 17.0 Å². The minimum atomic E-state index is -1.12. The molecule has 31 heavy (non-hydrogen) atoms. The standard InChI is InChI=1S/C23H23F2N3O3/c1-2-31-22(30)23(13-15-8-9-16(24)12-18(15)25)10-5-11-28(14-23)21(29)20-17-6-3-4-7-19(17)26-27-20/h3-4,6-9,12H,2,5,10-11,13-14H2,1H3,(H,26,27). The SMILES string of the molecule is CCOC(=O)C1(Cc2ccc(F)cc2F)CCCN(C(=O)c2n[nH]c3ccccc23)C1. The van der Waals surface area contributed by atoms with E-state index >= 15 is 0 Å². The van der Waals surface area contributed by atoms with Crippen molar-refractivity contribution in [3.8, 4) is 0 Å². The molecule has 0 bridgehead atoms. The van der Waals surface area contributed by atoms with Gasteiger partial charge in [0.25, 0.3) is 5.91 Å². The Labute approximate surface area is 178 Å². The summed E-state index contributed by atoms with van der Waals surface area (Å²) in [6, 6.07) is 10.6. The van der Waals surface area contributed by atoms with E-state index < -0.39 is 23.0 Å². The Bertz CT molecular complexity index is 1130. The first-order chi connectivity index (χ1) is 14.9. The Morgan fingerprint density at radius 2 is 2.03 bits per heavy atom. The normalized spacial score (nSPS) is 18.9. The van der Waals surface area contributed by atoms with Crippen LogP contribution in [0.2, 0.25) is 0 Å². The van der Waals surface area contributed by atoms with Gasteiger partial charge in [0.2, 0.25) is 0 Å². The molecule has 0 radical (unpaired) electrons. The highest BCUT2D eigenvalue weighted by Crippen LogP contribution is 2.37. The highest BCUT2D eigenvalue weighted by molar-refractivity contribution is 6.04. The molecule has 2 heterocycles. The molecule has 1 unspecified atom stereocenters. The van der Waals surface area contributed by atoms with E-state index in [9.17, 15) is 18.4 Å². The van der Waals surface area contributed by atoms with Crippen LogP contribution in [-0.4, -0.2) is 46.7 Å². The number of benzene rings is 2. The number of para-hydroxylation sites is 1. The molecule has 0 saturated carbocycles. The van der Waals surface area contributed by atoms with E-state index in [1.165, 1.54) is 12.1 Å². The predicted molar refractivity (Wildman–Crippen MR) is 110 cm³/mol. The number of H-pyrrole nitrogens is 1. The number of nitrogens with zero attached hydrogens (tertiary/aromatic N) is 2. The average Bonchev–Trinajstić information content (AvgIpc) is 3.20. The van der Waals surface area contributed by atoms with Gasteiger partial charge in [-0.3, -0.25) is 14.7 Å². The summed E-state index contributed by atoms with van der Waals surface area (Å²) in [5, 5.41) is 7.72. The quantitative estimate of drug-likeness (QED) is 0.628. The Morgan fingerprint density at radius 1 is 1.23 bits per heavy atom. The van der Waals surface area contributed by atoms with E-state index in [4.69, 9.17) is 4.74 Å². The number of hydrogen-bond acceptors (Lipinski definition) is 4. The lowest BCUT2D eigenvalue weighted by Crippen LogP contribution is -2.51. The Balaban J connectivity index is 1.66. The molecule has 4 rings (SSSR count). The van der Waals surface area contributed by atoms with Crippen LogP contribution in [0.1, 0.15) is 35.8 Å². The number of amides is 1. The molecule has 1 fully saturated rings. The molecule has 1 atom stereocenters. The molecule has 2 aromatic carbocycles. The fourth-order valence-corrected chi connectivity index (χ4v) is 4.28. The van der Waals surface area contributed by atoms with E-state index in [1.807, 2.05) is 24.3 Å². The number of halogens is 2. The first-order valence-corrected chi connectivity index (χ1v) is 10.3. The maximum absolute atomic E-state index is 14.4. The zero-order valence-corrected chi connectivity index (χ0v) is 17.2. The summed E-state index contributed by atoms with van der Waals surface area (Å²) >= 11 is 0. The summed E-state index contributed by atoms with van der Waals surface area (Å²) in [6.07, 6.45) is 1.01. The van der Waals surface area contributed by atoms with Gasteiger partial charge >= 0.3 is 5.97 Å². The second-order valence-corrected chi connectivity index (χ2v) is 7.86. The topological polar surface area (TPSA) is 75.3 Å². The molecule has 0 aliphatic carbocycles. The van der Waals surface area contributed by atoms with Gasteiger partial charge in [0.1, 0.15) is 11.6 Å². The summed E-state index contributed by atoms with van der Waals surface area (Å²) in [7, 11) is 0. The molecule has 1 saturated heterocycles. The molecule has 8 heteroatoms. The second-order valence-electron chi connectivity index (χ2n) is 7.86. The van der Waals surface area contributed by atoms with Crippen molar-refractivity contribution in [3.05, 3.63) is 65.4 Å². The van der Waals surface area contributed by atoms with Gasteiger partial charge in [-0.25, -0.2) is 8.78 Å². The first-order valence-electron chi connectivity index (χ1n) is 10.3. The molecule has 1 amide bonds. The van der Waals surface area contributed by atoms with Crippen molar-refractivity contribution in [1.82, 2.24) is 15.1 Å². The van der Waals surface area contributed by atoms with E-state index in [-0.39, 0.29) is 36.7 Å². The highest BCUT2D eigenvalue weighted by atomic mass is 19.1. The summed E-state index contributed by atoms with van der Waals surface area (Å²) in [5.41, 5.74) is 0.124. The van der Waals surface area contributed by atoms with Crippen molar-refractivity contribution in [2.75, 3.05) is 19.7 Å². The van der Waals surface area contributed by atoms with Crippen molar-refractivity contribution < 1.29 is 23.1 Å². The molecule has 1 aliphatic heterocycles. The predicted octanol–water partition coefficient (Wildman–Crippen LogP) is 3.87. The number of aromatic nitrogens is 2. The van der Waals surface area contributed by atoms with Crippen LogP contribution in [0.15, 0.2) is 42.5 Å². The average molecular weight is 427 g/mol. The van der Waals surface area contributed by atoms with Gasteiger partial charge in [-0.1, -0.05) is 24.3 Å². The summed E-state index contributed by atoms with van der Waals surface area (Å²) < 4.78 is 33.1. The highest BCUT2D eigenvalue weighted by Gasteiger charge is 2.45.